The Bertz CT molecular complexity index is 601. The summed E-state index contributed by atoms with van der Waals surface area (Å²) in [5.41, 5.74) is 2.83. The van der Waals surface area contributed by atoms with Gasteiger partial charge >= 0.3 is 0 Å². The van der Waals surface area contributed by atoms with Gasteiger partial charge in [-0.3, -0.25) is 0 Å². The second-order valence-corrected chi connectivity index (χ2v) is 5.27. The number of hydrogen-bond donors (Lipinski definition) is 2. The summed E-state index contributed by atoms with van der Waals surface area (Å²) in [6.07, 6.45) is 0. The maximum atomic E-state index is 9.43. The molecule has 0 amide bonds. The molecular weight excluding hydrogens is 286 g/mol. The van der Waals surface area contributed by atoms with Crippen molar-refractivity contribution in [3.05, 3.63) is 58.6 Å². The SMILES string of the molecule is CCOc1ccc(NC(C)c2cccc(Cl)c2)cc1CO. The fraction of sp³-hybridized carbons (Fsp3) is 0.294. The highest BCUT2D eigenvalue weighted by molar-refractivity contribution is 6.30. The average molecular weight is 306 g/mol. The Morgan fingerprint density at radius 1 is 1.24 bits per heavy atom. The minimum Gasteiger partial charge on any atom is -0.494 e. The fourth-order valence-electron chi connectivity index (χ4n) is 2.20. The monoisotopic (exact) mass is 305 g/mol. The highest BCUT2D eigenvalue weighted by Gasteiger charge is 2.08. The predicted molar refractivity (Wildman–Crippen MR) is 87.0 cm³/mol. The van der Waals surface area contributed by atoms with E-state index >= 15 is 0 Å². The Morgan fingerprint density at radius 2 is 2.05 bits per heavy atom. The van der Waals surface area contributed by atoms with Crippen LogP contribution in [0.25, 0.3) is 0 Å². The van der Waals surface area contributed by atoms with Crippen LogP contribution < -0.4 is 10.1 Å². The van der Waals surface area contributed by atoms with Crippen LogP contribution in [0.5, 0.6) is 5.75 Å². The van der Waals surface area contributed by atoms with E-state index in [9.17, 15) is 5.11 Å². The third-order valence-electron chi connectivity index (χ3n) is 3.26. The molecule has 0 aromatic heterocycles. The number of hydrogen-bond acceptors (Lipinski definition) is 3. The quantitative estimate of drug-likeness (QED) is 0.831. The first-order valence-corrected chi connectivity index (χ1v) is 7.40. The van der Waals surface area contributed by atoms with Gasteiger partial charge in [-0.2, -0.15) is 0 Å². The number of anilines is 1. The average Bonchev–Trinajstić information content (AvgIpc) is 2.49. The number of ether oxygens (including phenoxy) is 1. The van der Waals surface area contributed by atoms with Gasteiger partial charge in [0.25, 0.3) is 0 Å². The van der Waals surface area contributed by atoms with Crippen LogP contribution in [-0.2, 0) is 6.61 Å². The lowest BCUT2D eigenvalue weighted by molar-refractivity contribution is 0.267. The van der Waals surface area contributed by atoms with Crippen LogP contribution in [0.15, 0.2) is 42.5 Å². The van der Waals surface area contributed by atoms with Gasteiger partial charge in [-0.05, 0) is 49.7 Å². The van der Waals surface area contributed by atoms with Crippen molar-refractivity contribution in [2.24, 2.45) is 0 Å². The molecule has 0 aliphatic carbocycles. The maximum absolute atomic E-state index is 9.43. The molecule has 0 aliphatic heterocycles. The molecule has 3 nitrogen and oxygen atoms in total. The highest BCUT2D eigenvalue weighted by atomic mass is 35.5. The molecule has 112 valence electrons. The minimum atomic E-state index is -0.0452. The lowest BCUT2D eigenvalue weighted by Crippen LogP contribution is -2.07. The molecule has 0 radical (unpaired) electrons. The van der Waals surface area contributed by atoms with Crippen molar-refractivity contribution in [1.82, 2.24) is 0 Å². The first-order chi connectivity index (χ1) is 10.1. The minimum absolute atomic E-state index is 0.0452. The van der Waals surface area contributed by atoms with Gasteiger partial charge in [0, 0.05) is 22.3 Å². The summed E-state index contributed by atoms with van der Waals surface area (Å²) in [4.78, 5) is 0. The van der Waals surface area contributed by atoms with Crippen molar-refractivity contribution in [1.29, 1.82) is 0 Å². The summed E-state index contributed by atoms with van der Waals surface area (Å²) in [7, 11) is 0. The van der Waals surface area contributed by atoms with E-state index < -0.39 is 0 Å². The zero-order chi connectivity index (χ0) is 15.2. The lowest BCUT2D eigenvalue weighted by atomic mass is 10.1. The molecule has 0 fully saturated rings. The molecule has 4 heteroatoms. The molecule has 0 bridgehead atoms. The number of rotatable bonds is 6. The summed E-state index contributed by atoms with van der Waals surface area (Å²) < 4.78 is 5.48. The van der Waals surface area contributed by atoms with Gasteiger partial charge in [0.15, 0.2) is 0 Å². The molecule has 0 saturated carbocycles. The Labute approximate surface area is 130 Å². The molecule has 2 aromatic carbocycles. The summed E-state index contributed by atoms with van der Waals surface area (Å²) in [5.74, 6) is 0.723. The summed E-state index contributed by atoms with van der Waals surface area (Å²) in [6.45, 7) is 4.53. The molecule has 2 aromatic rings. The summed E-state index contributed by atoms with van der Waals surface area (Å²) in [5, 5.41) is 13.6. The van der Waals surface area contributed by atoms with Gasteiger partial charge in [0.05, 0.1) is 13.2 Å². The van der Waals surface area contributed by atoms with E-state index in [1.54, 1.807) is 0 Å². The van der Waals surface area contributed by atoms with E-state index in [0.717, 1.165) is 27.6 Å². The summed E-state index contributed by atoms with van der Waals surface area (Å²) >= 11 is 6.02. The molecule has 0 aliphatic rings. The van der Waals surface area contributed by atoms with Crippen LogP contribution in [0.3, 0.4) is 0 Å². The number of halogens is 1. The van der Waals surface area contributed by atoms with Gasteiger partial charge in [0.1, 0.15) is 5.75 Å². The summed E-state index contributed by atoms with van der Waals surface area (Å²) in [6, 6.07) is 13.6. The standard InChI is InChI=1S/C17H20ClNO2/c1-3-21-17-8-7-16(10-14(17)11-20)19-12(2)13-5-4-6-15(18)9-13/h4-10,12,19-20H,3,11H2,1-2H3. The molecule has 21 heavy (non-hydrogen) atoms. The van der Waals surface area contributed by atoms with Crippen molar-refractivity contribution in [3.63, 3.8) is 0 Å². The zero-order valence-electron chi connectivity index (χ0n) is 12.3. The van der Waals surface area contributed by atoms with Gasteiger partial charge < -0.3 is 15.2 Å². The number of nitrogens with one attached hydrogen (secondary N) is 1. The number of benzene rings is 2. The maximum Gasteiger partial charge on any atom is 0.124 e. The smallest absolute Gasteiger partial charge is 0.124 e. The zero-order valence-corrected chi connectivity index (χ0v) is 13.0. The van der Waals surface area contributed by atoms with Crippen LogP contribution in [0, 0.1) is 0 Å². The van der Waals surface area contributed by atoms with E-state index in [0.29, 0.717) is 6.61 Å². The van der Waals surface area contributed by atoms with Gasteiger partial charge in [-0.15, -0.1) is 0 Å². The van der Waals surface area contributed by atoms with Crippen LogP contribution in [0.2, 0.25) is 5.02 Å². The van der Waals surface area contributed by atoms with Crippen molar-refractivity contribution in [3.8, 4) is 5.75 Å². The third-order valence-corrected chi connectivity index (χ3v) is 3.50. The molecule has 0 saturated heterocycles. The second kappa shape index (κ2) is 7.34. The second-order valence-electron chi connectivity index (χ2n) is 4.83. The van der Waals surface area contributed by atoms with Gasteiger partial charge in [0.2, 0.25) is 0 Å². The predicted octanol–water partition coefficient (Wildman–Crippen LogP) is 4.40. The Balaban J connectivity index is 2.15. The molecule has 2 N–H and O–H groups in total. The van der Waals surface area contributed by atoms with E-state index in [2.05, 4.69) is 12.2 Å². The highest BCUT2D eigenvalue weighted by Crippen LogP contribution is 2.26. The van der Waals surface area contributed by atoms with E-state index in [-0.39, 0.29) is 12.6 Å². The Hall–Kier alpha value is -1.71. The normalized spacial score (nSPS) is 12.0. The fourth-order valence-corrected chi connectivity index (χ4v) is 2.40. The van der Waals surface area contributed by atoms with Crippen molar-refractivity contribution in [2.45, 2.75) is 26.5 Å². The largest absolute Gasteiger partial charge is 0.494 e. The van der Waals surface area contributed by atoms with E-state index in [1.165, 1.54) is 0 Å². The first kappa shape index (κ1) is 15.7. The number of aliphatic hydroxyl groups is 1. The van der Waals surface area contributed by atoms with Crippen LogP contribution in [0.4, 0.5) is 5.69 Å². The third kappa shape index (κ3) is 4.13. The first-order valence-electron chi connectivity index (χ1n) is 7.02. The van der Waals surface area contributed by atoms with Gasteiger partial charge in [-0.25, -0.2) is 0 Å². The van der Waals surface area contributed by atoms with Crippen molar-refractivity contribution >= 4 is 17.3 Å². The molecule has 1 atom stereocenters. The lowest BCUT2D eigenvalue weighted by Gasteiger charge is -2.17. The molecular formula is C17H20ClNO2. The van der Waals surface area contributed by atoms with Crippen molar-refractivity contribution < 1.29 is 9.84 Å². The topological polar surface area (TPSA) is 41.5 Å². The van der Waals surface area contributed by atoms with Crippen molar-refractivity contribution in [2.75, 3.05) is 11.9 Å². The van der Waals surface area contributed by atoms with Crippen LogP contribution in [0.1, 0.15) is 31.0 Å². The number of aliphatic hydroxyl groups excluding tert-OH is 1. The van der Waals surface area contributed by atoms with E-state index in [4.69, 9.17) is 16.3 Å². The Morgan fingerprint density at radius 3 is 2.71 bits per heavy atom. The van der Waals surface area contributed by atoms with Crippen LogP contribution >= 0.6 is 11.6 Å². The Kier molecular flexibility index (Phi) is 5.48. The van der Waals surface area contributed by atoms with Crippen LogP contribution in [-0.4, -0.2) is 11.7 Å². The molecule has 0 spiro atoms. The molecule has 2 rings (SSSR count). The molecule has 1 unspecified atom stereocenters. The van der Waals surface area contributed by atoms with Gasteiger partial charge in [-0.1, -0.05) is 23.7 Å². The molecule has 0 heterocycles. The van der Waals surface area contributed by atoms with E-state index in [1.807, 2.05) is 49.4 Å².